The van der Waals surface area contributed by atoms with Crippen LogP contribution in [0.2, 0.25) is 0 Å². The number of nitrogens with zero attached hydrogens (tertiary/aromatic N) is 2. The number of fused-ring (bicyclic) bond motifs is 3. The van der Waals surface area contributed by atoms with Gasteiger partial charge in [0.15, 0.2) is 0 Å². The van der Waals surface area contributed by atoms with Crippen LogP contribution >= 0.6 is 11.3 Å². The van der Waals surface area contributed by atoms with Crippen molar-refractivity contribution >= 4 is 47.0 Å². The average Bonchev–Trinajstić information content (AvgIpc) is 3.54. The van der Waals surface area contributed by atoms with Gasteiger partial charge >= 0.3 is 205 Å². The zero-order chi connectivity index (χ0) is 23.4. The van der Waals surface area contributed by atoms with Crippen molar-refractivity contribution < 1.29 is 23.9 Å². The van der Waals surface area contributed by atoms with Gasteiger partial charge < -0.3 is 0 Å². The van der Waals surface area contributed by atoms with Crippen LogP contribution in [0.1, 0.15) is 33.4 Å². The Labute approximate surface area is 204 Å². The van der Waals surface area contributed by atoms with Crippen molar-refractivity contribution in [2.45, 2.75) is 18.3 Å². The molecule has 0 saturated carbocycles. The van der Waals surface area contributed by atoms with E-state index in [0.29, 0.717) is 17.9 Å². The first-order valence-corrected chi connectivity index (χ1v) is 13.0. The maximum absolute atomic E-state index is 13.7. The van der Waals surface area contributed by atoms with Gasteiger partial charge in [-0.2, -0.15) is 0 Å². The van der Waals surface area contributed by atoms with Crippen LogP contribution in [0, 0.1) is 5.41 Å². The molecule has 2 aliphatic rings. The quantitative estimate of drug-likeness (QED) is 0.314. The summed E-state index contributed by atoms with van der Waals surface area (Å²) in [7, 11) is 3.21. The van der Waals surface area contributed by atoms with Crippen LogP contribution in [0.25, 0.3) is 9.09 Å². The van der Waals surface area contributed by atoms with Crippen LogP contribution in [0.15, 0.2) is 48.5 Å². The molecule has 0 radical (unpaired) electrons. The zero-order valence-electron chi connectivity index (χ0n) is 18.2. The van der Waals surface area contributed by atoms with Crippen molar-refractivity contribution in [3.63, 3.8) is 0 Å². The Morgan fingerprint density at radius 2 is 1.68 bits per heavy atom. The fourth-order valence-corrected chi connectivity index (χ4v) is 8.32. The van der Waals surface area contributed by atoms with Gasteiger partial charge in [-0.25, -0.2) is 0 Å². The molecule has 1 fully saturated rings. The second-order valence-corrected chi connectivity index (χ2v) is 11.5. The van der Waals surface area contributed by atoms with E-state index in [1.165, 1.54) is 0 Å². The number of thiophene rings is 1. The van der Waals surface area contributed by atoms with E-state index in [1.807, 2.05) is 48.5 Å². The number of benzene rings is 2. The third-order valence-corrected chi connectivity index (χ3v) is 9.85. The van der Waals surface area contributed by atoms with Crippen LogP contribution in [0.5, 0.6) is 11.5 Å². The number of hydrogen-bond donors (Lipinski definition) is 1. The van der Waals surface area contributed by atoms with E-state index in [1.54, 1.807) is 25.6 Å². The third kappa shape index (κ3) is 2.89. The molecule has 10 heteroatoms. The Kier molecular flexibility index (Phi) is 4.98. The summed E-state index contributed by atoms with van der Waals surface area (Å²) in [6.45, 7) is 0. The molecule has 1 spiro atoms. The molecule has 3 heterocycles. The first-order valence-electron chi connectivity index (χ1n) is 10.6. The van der Waals surface area contributed by atoms with Gasteiger partial charge in [-0.05, 0) is 0 Å². The average molecular weight is 540 g/mol. The van der Waals surface area contributed by atoms with E-state index in [4.69, 9.17) is 14.3 Å². The summed E-state index contributed by atoms with van der Waals surface area (Å²) >= 11 is 1.59. The Morgan fingerprint density at radius 3 is 2.26 bits per heavy atom. The second kappa shape index (κ2) is 7.94. The normalized spacial score (nSPS) is 23.6. The molecule has 34 heavy (non-hydrogen) atoms. The number of hydrogen-bond acceptors (Lipinski definition) is 8. The molecular weight excluding hydrogens is 521 g/mol. The van der Waals surface area contributed by atoms with Crippen molar-refractivity contribution in [1.82, 2.24) is 14.7 Å². The number of methoxy groups -OCH3 is 2. The fourth-order valence-electron chi connectivity index (χ4n) is 5.28. The number of carbonyl (C=O) groups excluding carboxylic acids is 2. The molecule has 3 unspecified atom stereocenters. The molecule has 8 nitrogen and oxygen atoms in total. The van der Waals surface area contributed by atoms with Gasteiger partial charge in [-0.1, -0.05) is 0 Å². The number of aromatic nitrogens is 2. The van der Waals surface area contributed by atoms with Gasteiger partial charge in [0.05, 0.1) is 0 Å². The van der Waals surface area contributed by atoms with E-state index in [-0.39, 0.29) is 14.7 Å². The summed E-state index contributed by atoms with van der Waals surface area (Å²) < 4.78 is 16.1. The first-order chi connectivity index (χ1) is 16.6. The molecule has 2 aromatic carbocycles. The monoisotopic (exact) mass is 541 g/mol. The molecule has 4 aromatic rings. The molecule has 2 aromatic heterocycles. The number of hydroxylamine groups is 1. The van der Waals surface area contributed by atoms with Crippen molar-refractivity contribution in [2.24, 2.45) is 5.41 Å². The predicted octanol–water partition coefficient (Wildman–Crippen LogP) is 2.81. The Hall–Kier alpha value is -3.20. The van der Waals surface area contributed by atoms with Crippen molar-refractivity contribution in [3.05, 3.63) is 70.1 Å². The van der Waals surface area contributed by atoms with Gasteiger partial charge in [-0.15, -0.1) is 0 Å². The third-order valence-electron chi connectivity index (χ3n) is 6.83. The van der Waals surface area contributed by atoms with Gasteiger partial charge in [0.25, 0.3) is 0 Å². The Bertz CT molecular complexity index is 1400. The molecule has 172 valence electrons. The van der Waals surface area contributed by atoms with Crippen molar-refractivity contribution in [3.8, 4) is 11.5 Å². The predicted molar refractivity (Wildman–Crippen MR) is 125 cm³/mol. The number of ether oxygens (including phenoxy) is 2. The summed E-state index contributed by atoms with van der Waals surface area (Å²) in [5.41, 5.74) is 4.30. The summed E-state index contributed by atoms with van der Waals surface area (Å²) in [4.78, 5) is 33.6. The van der Waals surface area contributed by atoms with Gasteiger partial charge in [0, 0.05) is 0 Å². The summed E-state index contributed by atoms with van der Waals surface area (Å²) in [6.07, 6.45) is 0.528. The zero-order valence-corrected chi connectivity index (χ0v) is 20.8. The van der Waals surface area contributed by atoms with Crippen LogP contribution in [-0.4, -0.2) is 50.0 Å². The van der Waals surface area contributed by atoms with Crippen molar-refractivity contribution in [1.29, 1.82) is 0 Å². The molecule has 1 saturated heterocycles. The number of nitrogens with one attached hydrogen (secondary N) is 1. The Balaban J connectivity index is 1.65. The van der Waals surface area contributed by atoms with E-state index >= 15 is 0 Å². The first kappa shape index (κ1) is 21.3. The van der Waals surface area contributed by atoms with E-state index in [2.05, 4.69) is 14.7 Å². The standard InChI is InChI=1S/C24H19N3O5SSe/c1-30-14-7-3-12(4-8-14)16-11-17-18(20-21(33-17)34-27-25-20)19(13-5-9-15(31-2)10-6-13)24(16)22(28)26-32-23(24)29/h3-10,16,19H,11H2,1-2H3,(H,26,28). The molecule has 0 bridgehead atoms. The minimum atomic E-state index is -1.49. The topological polar surface area (TPSA) is 99.6 Å². The molecular formula is C24H19N3O5SSe. The van der Waals surface area contributed by atoms with E-state index < -0.39 is 29.1 Å². The fraction of sp³-hybridized carbons (Fsp3) is 0.250. The van der Waals surface area contributed by atoms with Crippen molar-refractivity contribution in [2.75, 3.05) is 14.2 Å². The van der Waals surface area contributed by atoms with Gasteiger partial charge in [0.2, 0.25) is 0 Å². The van der Waals surface area contributed by atoms with Crippen LogP contribution in [0.3, 0.4) is 0 Å². The number of carbonyl (C=O) groups is 2. The van der Waals surface area contributed by atoms with Gasteiger partial charge in [0.1, 0.15) is 0 Å². The number of rotatable bonds is 4. The molecule has 1 aliphatic heterocycles. The molecule has 3 atom stereocenters. The van der Waals surface area contributed by atoms with Crippen LogP contribution in [0.4, 0.5) is 0 Å². The van der Waals surface area contributed by atoms with E-state index in [9.17, 15) is 9.59 Å². The van der Waals surface area contributed by atoms with E-state index in [0.717, 1.165) is 30.7 Å². The number of amides is 1. The van der Waals surface area contributed by atoms with Crippen LogP contribution < -0.4 is 15.0 Å². The Morgan fingerprint density at radius 1 is 1.03 bits per heavy atom. The second-order valence-electron chi connectivity index (χ2n) is 8.27. The summed E-state index contributed by atoms with van der Waals surface area (Å²) in [6, 6.07) is 15.1. The molecule has 6 rings (SSSR count). The van der Waals surface area contributed by atoms with Gasteiger partial charge in [-0.3, -0.25) is 0 Å². The molecule has 1 aliphatic carbocycles. The van der Waals surface area contributed by atoms with Crippen LogP contribution in [-0.2, 0) is 20.8 Å². The maximum atomic E-state index is 13.7. The molecule has 1 N–H and O–H groups in total. The summed E-state index contributed by atoms with van der Waals surface area (Å²) in [5, 5.41) is 4.45. The molecule has 1 amide bonds. The SMILES string of the molecule is COc1ccc(C2Cc3sc4[se]nnc4c3C(c3ccc(OC)cc3)C23C(=O)NOC3=O)cc1. The summed E-state index contributed by atoms with van der Waals surface area (Å²) in [5.74, 6) is -0.640. The minimum absolute atomic E-state index is 0.0942.